The van der Waals surface area contributed by atoms with Crippen molar-refractivity contribution in [2.75, 3.05) is 5.32 Å². The highest BCUT2D eigenvalue weighted by Gasteiger charge is 2.14. The number of para-hydroxylation sites is 2. The first kappa shape index (κ1) is 14.1. The van der Waals surface area contributed by atoms with E-state index in [1.807, 2.05) is 18.2 Å². The van der Waals surface area contributed by atoms with E-state index in [0.29, 0.717) is 0 Å². The molecular formula is C23H17NO. The summed E-state index contributed by atoms with van der Waals surface area (Å²) in [7, 11) is 0. The first-order valence-electron chi connectivity index (χ1n) is 8.47. The first-order valence-corrected chi connectivity index (χ1v) is 8.47. The van der Waals surface area contributed by atoms with Gasteiger partial charge < -0.3 is 9.73 Å². The van der Waals surface area contributed by atoms with Gasteiger partial charge in [-0.05, 0) is 42.0 Å². The van der Waals surface area contributed by atoms with Gasteiger partial charge in [0.2, 0.25) is 0 Å². The van der Waals surface area contributed by atoms with Crippen LogP contribution < -0.4 is 5.32 Å². The van der Waals surface area contributed by atoms with E-state index < -0.39 is 0 Å². The van der Waals surface area contributed by atoms with Crippen molar-refractivity contribution in [2.45, 2.75) is 6.92 Å². The second kappa shape index (κ2) is 5.38. The number of benzene rings is 4. The third-order valence-corrected chi connectivity index (χ3v) is 4.81. The zero-order chi connectivity index (χ0) is 16.8. The van der Waals surface area contributed by atoms with Crippen molar-refractivity contribution in [2.24, 2.45) is 0 Å². The lowest BCUT2D eigenvalue weighted by atomic mass is 10.0. The fourth-order valence-corrected chi connectivity index (χ4v) is 3.58. The Morgan fingerprint density at radius 1 is 0.680 bits per heavy atom. The zero-order valence-electron chi connectivity index (χ0n) is 13.9. The third-order valence-electron chi connectivity index (χ3n) is 4.81. The van der Waals surface area contributed by atoms with Gasteiger partial charge in [0.25, 0.3) is 0 Å². The SMILES string of the molecule is Cc1c2ccccc2cc2c1oc1c(Nc3ccccc3)cccc12. The molecule has 0 aliphatic rings. The summed E-state index contributed by atoms with van der Waals surface area (Å²) < 4.78 is 6.33. The van der Waals surface area contributed by atoms with Gasteiger partial charge in [0, 0.05) is 22.0 Å². The summed E-state index contributed by atoms with van der Waals surface area (Å²) in [6.45, 7) is 2.14. The van der Waals surface area contributed by atoms with Gasteiger partial charge in [-0.2, -0.15) is 0 Å². The number of anilines is 2. The van der Waals surface area contributed by atoms with E-state index in [2.05, 4.69) is 72.9 Å². The minimum Gasteiger partial charge on any atom is -0.454 e. The summed E-state index contributed by atoms with van der Waals surface area (Å²) in [6.07, 6.45) is 0. The molecule has 0 atom stereocenters. The number of aryl methyl sites for hydroxylation is 1. The van der Waals surface area contributed by atoms with E-state index in [1.54, 1.807) is 0 Å². The van der Waals surface area contributed by atoms with Crippen molar-refractivity contribution in [3.63, 3.8) is 0 Å². The first-order chi connectivity index (χ1) is 12.3. The minimum absolute atomic E-state index is 0.903. The average Bonchev–Trinajstić information content (AvgIpc) is 3.03. The molecule has 25 heavy (non-hydrogen) atoms. The van der Waals surface area contributed by atoms with Gasteiger partial charge in [-0.25, -0.2) is 0 Å². The van der Waals surface area contributed by atoms with Gasteiger partial charge in [-0.1, -0.05) is 54.6 Å². The molecule has 0 amide bonds. The monoisotopic (exact) mass is 323 g/mol. The van der Waals surface area contributed by atoms with Crippen molar-refractivity contribution < 1.29 is 4.42 Å². The minimum atomic E-state index is 0.903. The lowest BCUT2D eigenvalue weighted by Crippen LogP contribution is -1.89. The number of hydrogen-bond acceptors (Lipinski definition) is 2. The van der Waals surface area contributed by atoms with Crippen molar-refractivity contribution >= 4 is 44.1 Å². The topological polar surface area (TPSA) is 25.2 Å². The molecule has 1 N–H and O–H groups in total. The highest BCUT2D eigenvalue weighted by molar-refractivity contribution is 6.14. The molecular weight excluding hydrogens is 306 g/mol. The van der Waals surface area contributed by atoms with Crippen LogP contribution in [0.5, 0.6) is 0 Å². The van der Waals surface area contributed by atoms with Crippen LogP contribution in [0.2, 0.25) is 0 Å². The van der Waals surface area contributed by atoms with E-state index in [0.717, 1.165) is 27.9 Å². The van der Waals surface area contributed by atoms with Crippen LogP contribution in [0.1, 0.15) is 5.56 Å². The molecule has 2 nitrogen and oxygen atoms in total. The van der Waals surface area contributed by atoms with Gasteiger partial charge in [-0.15, -0.1) is 0 Å². The van der Waals surface area contributed by atoms with Crippen LogP contribution in [0.3, 0.4) is 0 Å². The van der Waals surface area contributed by atoms with Crippen molar-refractivity contribution in [1.82, 2.24) is 0 Å². The molecule has 0 spiro atoms. The maximum atomic E-state index is 6.33. The molecule has 0 saturated carbocycles. The third kappa shape index (κ3) is 2.18. The van der Waals surface area contributed by atoms with Crippen molar-refractivity contribution in [3.05, 3.63) is 84.4 Å². The molecule has 0 unspecified atom stereocenters. The predicted octanol–water partition coefficient (Wildman–Crippen LogP) is 6.79. The number of fused-ring (bicyclic) bond motifs is 4. The van der Waals surface area contributed by atoms with Crippen LogP contribution in [0.25, 0.3) is 32.7 Å². The van der Waals surface area contributed by atoms with Gasteiger partial charge in [-0.3, -0.25) is 0 Å². The second-order valence-electron chi connectivity index (χ2n) is 6.37. The zero-order valence-corrected chi connectivity index (χ0v) is 13.9. The Labute approximate surface area is 145 Å². The van der Waals surface area contributed by atoms with Crippen molar-refractivity contribution in [1.29, 1.82) is 0 Å². The highest BCUT2D eigenvalue weighted by Crippen LogP contribution is 2.38. The van der Waals surface area contributed by atoms with Crippen LogP contribution in [0.15, 0.2) is 83.3 Å². The van der Waals surface area contributed by atoms with E-state index in [9.17, 15) is 0 Å². The Kier molecular flexibility index (Phi) is 3.04. The molecule has 0 radical (unpaired) electrons. The molecule has 1 aromatic heterocycles. The molecule has 0 aliphatic carbocycles. The van der Waals surface area contributed by atoms with Crippen LogP contribution in [-0.4, -0.2) is 0 Å². The molecule has 0 saturated heterocycles. The predicted molar refractivity (Wildman–Crippen MR) is 106 cm³/mol. The molecule has 5 rings (SSSR count). The second-order valence-corrected chi connectivity index (χ2v) is 6.37. The smallest absolute Gasteiger partial charge is 0.158 e. The molecule has 0 aliphatic heterocycles. The van der Waals surface area contributed by atoms with E-state index in [-0.39, 0.29) is 0 Å². The highest BCUT2D eigenvalue weighted by atomic mass is 16.3. The van der Waals surface area contributed by atoms with Gasteiger partial charge >= 0.3 is 0 Å². The lowest BCUT2D eigenvalue weighted by molar-refractivity contribution is 0.668. The fourth-order valence-electron chi connectivity index (χ4n) is 3.58. The van der Waals surface area contributed by atoms with E-state index in [1.165, 1.54) is 21.7 Å². The fraction of sp³-hybridized carbons (Fsp3) is 0.0435. The summed E-state index contributed by atoms with van der Waals surface area (Å²) in [5, 5.41) is 8.28. The standard InChI is InChI=1S/C23H17NO/c1-15-18-11-6-5-8-16(18)14-20-19-12-7-13-21(23(19)25-22(15)20)24-17-9-3-2-4-10-17/h2-14,24H,1H3. The van der Waals surface area contributed by atoms with Crippen LogP contribution >= 0.6 is 0 Å². The van der Waals surface area contributed by atoms with Crippen LogP contribution in [0, 0.1) is 6.92 Å². The number of nitrogens with one attached hydrogen (secondary N) is 1. The average molecular weight is 323 g/mol. The van der Waals surface area contributed by atoms with Crippen LogP contribution in [0.4, 0.5) is 11.4 Å². The van der Waals surface area contributed by atoms with E-state index >= 15 is 0 Å². The number of hydrogen-bond donors (Lipinski definition) is 1. The molecule has 4 aromatic carbocycles. The molecule has 5 aromatic rings. The molecule has 0 fully saturated rings. The molecule has 2 heteroatoms. The Hall–Kier alpha value is -3.26. The van der Waals surface area contributed by atoms with Gasteiger partial charge in [0.1, 0.15) is 5.58 Å². The summed E-state index contributed by atoms with van der Waals surface area (Å²) in [4.78, 5) is 0. The van der Waals surface area contributed by atoms with E-state index in [4.69, 9.17) is 4.42 Å². The number of rotatable bonds is 2. The number of furan rings is 1. The molecule has 120 valence electrons. The summed E-state index contributed by atoms with van der Waals surface area (Å²) >= 11 is 0. The molecule has 1 heterocycles. The van der Waals surface area contributed by atoms with Gasteiger partial charge in [0.05, 0.1) is 5.69 Å². The lowest BCUT2D eigenvalue weighted by Gasteiger charge is -2.06. The summed E-state index contributed by atoms with van der Waals surface area (Å²) in [5.74, 6) is 0. The quantitative estimate of drug-likeness (QED) is 0.387. The Balaban J connectivity index is 1.80. The summed E-state index contributed by atoms with van der Waals surface area (Å²) in [6, 6.07) is 27.2. The largest absolute Gasteiger partial charge is 0.454 e. The Bertz CT molecular complexity index is 1220. The Morgan fingerprint density at radius 2 is 1.44 bits per heavy atom. The normalized spacial score (nSPS) is 11.4. The van der Waals surface area contributed by atoms with Crippen LogP contribution in [-0.2, 0) is 0 Å². The Morgan fingerprint density at radius 3 is 2.32 bits per heavy atom. The maximum Gasteiger partial charge on any atom is 0.158 e. The van der Waals surface area contributed by atoms with Gasteiger partial charge in [0.15, 0.2) is 5.58 Å². The molecule has 0 bridgehead atoms. The van der Waals surface area contributed by atoms with Crippen molar-refractivity contribution in [3.8, 4) is 0 Å². The maximum absolute atomic E-state index is 6.33. The summed E-state index contributed by atoms with van der Waals surface area (Å²) in [5.41, 5.74) is 5.10.